The number of benzene rings is 1. The van der Waals surface area contributed by atoms with E-state index in [4.69, 9.17) is 4.74 Å². The second kappa shape index (κ2) is 7.16. The van der Waals surface area contributed by atoms with Crippen LogP contribution >= 0.6 is 0 Å². The van der Waals surface area contributed by atoms with Crippen molar-refractivity contribution in [2.24, 2.45) is 0 Å². The van der Waals surface area contributed by atoms with E-state index in [0.29, 0.717) is 28.8 Å². The van der Waals surface area contributed by atoms with Crippen molar-refractivity contribution in [3.8, 4) is 11.3 Å². The predicted octanol–water partition coefficient (Wildman–Crippen LogP) is 2.32. The molecule has 2 aromatic heterocycles. The first-order chi connectivity index (χ1) is 13.2. The molecule has 0 radical (unpaired) electrons. The number of rotatable bonds is 5. The molecular weight excluding hydrogens is 344 g/mol. The van der Waals surface area contributed by atoms with Gasteiger partial charge in [-0.25, -0.2) is 14.8 Å². The zero-order valence-corrected chi connectivity index (χ0v) is 15.1. The third-order valence-corrected chi connectivity index (χ3v) is 4.55. The molecule has 3 heterocycles. The minimum absolute atomic E-state index is 0.391. The quantitative estimate of drug-likeness (QED) is 0.671. The van der Waals surface area contributed by atoms with Crippen LogP contribution < -0.4 is 10.6 Å². The number of methoxy groups -OCH3 is 1. The molecule has 138 valence electrons. The van der Waals surface area contributed by atoms with Gasteiger partial charge in [-0.3, -0.25) is 4.68 Å². The number of hydrogen-bond acceptors (Lipinski definition) is 7. The molecule has 27 heavy (non-hydrogen) atoms. The number of nitrogens with zero attached hydrogens (tertiary/aromatic N) is 4. The van der Waals surface area contributed by atoms with E-state index in [0.717, 1.165) is 24.3 Å². The maximum absolute atomic E-state index is 12.1. The number of carbonyl (C=O) groups excluding carboxylic acids is 1. The van der Waals surface area contributed by atoms with Gasteiger partial charge in [-0.1, -0.05) is 18.2 Å². The number of aryl methyl sites for hydroxylation is 1. The maximum atomic E-state index is 12.1. The lowest BCUT2D eigenvalue weighted by Crippen LogP contribution is -2.43. The molecule has 3 aromatic rings. The zero-order chi connectivity index (χ0) is 18.8. The highest BCUT2D eigenvalue weighted by atomic mass is 16.5. The number of hydrogen-bond donors (Lipinski definition) is 2. The van der Waals surface area contributed by atoms with E-state index in [1.54, 1.807) is 24.5 Å². The molecule has 0 atom stereocenters. The van der Waals surface area contributed by atoms with E-state index in [9.17, 15) is 4.79 Å². The molecule has 1 aliphatic rings. The number of ether oxygens (including phenoxy) is 1. The fraction of sp³-hybridized carbons (Fsp3) is 0.263. The molecule has 8 nitrogen and oxygen atoms in total. The van der Waals surface area contributed by atoms with Crippen LogP contribution in [0.1, 0.15) is 22.0 Å². The van der Waals surface area contributed by atoms with Crippen LogP contribution in [-0.4, -0.2) is 45.9 Å². The van der Waals surface area contributed by atoms with Gasteiger partial charge in [0.1, 0.15) is 0 Å². The summed E-state index contributed by atoms with van der Waals surface area (Å²) in [6.45, 7) is 3.77. The van der Waals surface area contributed by atoms with Crippen molar-refractivity contribution in [1.29, 1.82) is 0 Å². The van der Waals surface area contributed by atoms with Gasteiger partial charge >= 0.3 is 5.97 Å². The summed E-state index contributed by atoms with van der Waals surface area (Å²) in [6.07, 6.45) is 5.43. The first-order valence-corrected chi connectivity index (χ1v) is 8.69. The monoisotopic (exact) mass is 364 g/mol. The molecule has 8 heteroatoms. The van der Waals surface area contributed by atoms with Gasteiger partial charge in [-0.05, 0) is 18.6 Å². The molecular formula is C19H20N6O2. The zero-order valence-electron chi connectivity index (χ0n) is 15.1. The number of anilines is 2. The Morgan fingerprint density at radius 2 is 2.11 bits per heavy atom. The SMILES string of the molecule is COC(=O)c1ccccc1-c1nc(Nc2cnn(C3CNC3)c2)ncc1C. The van der Waals surface area contributed by atoms with Gasteiger partial charge in [0.15, 0.2) is 0 Å². The molecule has 0 unspecified atom stereocenters. The second-order valence-electron chi connectivity index (χ2n) is 6.41. The summed E-state index contributed by atoms with van der Waals surface area (Å²) in [5.74, 6) is 0.0510. The Labute approximate surface area is 156 Å². The Hall–Kier alpha value is -3.26. The lowest BCUT2D eigenvalue weighted by Gasteiger charge is -2.27. The van der Waals surface area contributed by atoms with Crippen molar-refractivity contribution in [2.45, 2.75) is 13.0 Å². The Kier molecular flexibility index (Phi) is 4.55. The van der Waals surface area contributed by atoms with E-state index in [1.807, 2.05) is 29.9 Å². The fourth-order valence-corrected chi connectivity index (χ4v) is 2.94. The normalized spacial score (nSPS) is 13.9. The average Bonchev–Trinajstić information content (AvgIpc) is 3.09. The molecule has 0 aliphatic carbocycles. The summed E-state index contributed by atoms with van der Waals surface area (Å²) in [5, 5.41) is 10.8. The number of aromatic nitrogens is 4. The van der Waals surface area contributed by atoms with Crippen LogP contribution in [0.2, 0.25) is 0 Å². The summed E-state index contributed by atoms with van der Waals surface area (Å²) in [7, 11) is 1.37. The highest BCUT2D eigenvalue weighted by molar-refractivity contribution is 5.97. The minimum atomic E-state index is -0.395. The summed E-state index contributed by atoms with van der Waals surface area (Å²) in [6, 6.07) is 7.64. The van der Waals surface area contributed by atoms with Crippen molar-refractivity contribution in [3.63, 3.8) is 0 Å². The first kappa shape index (κ1) is 17.2. The van der Waals surface area contributed by atoms with E-state index < -0.39 is 5.97 Å². The standard InChI is InChI=1S/C19H20N6O2/c1-12-7-21-19(23-13-8-22-25(11-13)14-9-20-10-14)24-17(12)15-5-3-4-6-16(15)18(26)27-2/h3-8,11,14,20H,9-10H2,1-2H3,(H,21,23,24). The predicted molar refractivity (Wildman–Crippen MR) is 101 cm³/mol. The van der Waals surface area contributed by atoms with Crippen molar-refractivity contribution >= 4 is 17.6 Å². The van der Waals surface area contributed by atoms with Crippen molar-refractivity contribution in [2.75, 3.05) is 25.5 Å². The topological polar surface area (TPSA) is 94.0 Å². The van der Waals surface area contributed by atoms with Crippen LogP contribution in [0.5, 0.6) is 0 Å². The number of nitrogens with one attached hydrogen (secondary N) is 2. The molecule has 0 saturated carbocycles. The molecule has 0 bridgehead atoms. The molecule has 1 aromatic carbocycles. The minimum Gasteiger partial charge on any atom is -0.465 e. The lowest BCUT2D eigenvalue weighted by atomic mass is 10.0. The molecule has 0 spiro atoms. The van der Waals surface area contributed by atoms with Crippen LogP contribution in [0, 0.1) is 6.92 Å². The van der Waals surface area contributed by atoms with Crippen LogP contribution in [0.25, 0.3) is 11.3 Å². The third-order valence-electron chi connectivity index (χ3n) is 4.55. The smallest absolute Gasteiger partial charge is 0.338 e. The Morgan fingerprint density at radius 1 is 1.30 bits per heavy atom. The van der Waals surface area contributed by atoms with Gasteiger partial charge in [0.05, 0.1) is 36.3 Å². The highest BCUT2D eigenvalue weighted by Crippen LogP contribution is 2.27. The van der Waals surface area contributed by atoms with E-state index >= 15 is 0 Å². The maximum Gasteiger partial charge on any atom is 0.338 e. The van der Waals surface area contributed by atoms with Crippen LogP contribution in [0.15, 0.2) is 42.9 Å². The van der Waals surface area contributed by atoms with Gasteiger partial charge < -0.3 is 15.4 Å². The van der Waals surface area contributed by atoms with Crippen LogP contribution in [0.4, 0.5) is 11.6 Å². The number of esters is 1. The Morgan fingerprint density at radius 3 is 2.85 bits per heavy atom. The fourth-order valence-electron chi connectivity index (χ4n) is 2.94. The summed E-state index contributed by atoms with van der Waals surface area (Å²) in [5.41, 5.74) is 3.55. The van der Waals surface area contributed by atoms with Crippen LogP contribution in [0.3, 0.4) is 0 Å². The van der Waals surface area contributed by atoms with E-state index in [1.165, 1.54) is 7.11 Å². The molecule has 1 fully saturated rings. The first-order valence-electron chi connectivity index (χ1n) is 8.69. The van der Waals surface area contributed by atoms with E-state index in [-0.39, 0.29) is 0 Å². The second-order valence-corrected chi connectivity index (χ2v) is 6.41. The van der Waals surface area contributed by atoms with Gasteiger partial charge in [-0.15, -0.1) is 0 Å². The van der Waals surface area contributed by atoms with Crippen molar-refractivity contribution in [1.82, 2.24) is 25.1 Å². The van der Waals surface area contributed by atoms with Gasteiger partial charge in [0.25, 0.3) is 0 Å². The van der Waals surface area contributed by atoms with Crippen molar-refractivity contribution in [3.05, 3.63) is 54.0 Å². The third kappa shape index (κ3) is 3.39. The molecule has 2 N–H and O–H groups in total. The van der Waals surface area contributed by atoms with Gasteiger partial charge in [-0.2, -0.15) is 5.10 Å². The van der Waals surface area contributed by atoms with Crippen LogP contribution in [-0.2, 0) is 4.74 Å². The molecule has 1 aliphatic heterocycles. The lowest BCUT2D eigenvalue weighted by molar-refractivity contribution is 0.0601. The number of carbonyl (C=O) groups is 1. The Balaban J connectivity index is 1.64. The van der Waals surface area contributed by atoms with Gasteiger partial charge in [0, 0.05) is 31.0 Å². The average molecular weight is 364 g/mol. The summed E-state index contributed by atoms with van der Waals surface area (Å²) >= 11 is 0. The molecule has 1 saturated heterocycles. The molecule has 4 rings (SSSR count). The summed E-state index contributed by atoms with van der Waals surface area (Å²) in [4.78, 5) is 21.1. The summed E-state index contributed by atoms with van der Waals surface area (Å²) < 4.78 is 6.82. The van der Waals surface area contributed by atoms with E-state index in [2.05, 4.69) is 25.7 Å². The largest absolute Gasteiger partial charge is 0.465 e. The molecule has 0 amide bonds. The Bertz CT molecular complexity index is 980. The van der Waals surface area contributed by atoms with Crippen molar-refractivity contribution < 1.29 is 9.53 Å². The van der Waals surface area contributed by atoms with Gasteiger partial charge in [0.2, 0.25) is 5.95 Å². The highest BCUT2D eigenvalue weighted by Gasteiger charge is 2.20.